The Bertz CT molecular complexity index is 743. The van der Waals surface area contributed by atoms with Gasteiger partial charge in [-0.1, -0.05) is 12.1 Å². The maximum atomic E-state index is 12.4. The fourth-order valence-electron chi connectivity index (χ4n) is 2.07. The Labute approximate surface area is 103 Å². The topological polar surface area (TPSA) is 63.6 Å². The van der Waals surface area contributed by atoms with Gasteiger partial charge in [0.15, 0.2) is 0 Å². The van der Waals surface area contributed by atoms with Crippen LogP contribution in [0.15, 0.2) is 41.5 Å². The van der Waals surface area contributed by atoms with E-state index in [1.807, 2.05) is 31.2 Å². The first-order valence-corrected chi connectivity index (χ1v) is 5.80. The molecule has 90 valence electrons. The Morgan fingerprint density at radius 1 is 1.33 bits per heavy atom. The first-order chi connectivity index (χ1) is 8.81. The summed E-state index contributed by atoms with van der Waals surface area (Å²) in [5, 5.41) is 6.56. The van der Waals surface area contributed by atoms with Gasteiger partial charge in [0, 0.05) is 18.3 Å². The minimum absolute atomic E-state index is 0.0856. The van der Waals surface area contributed by atoms with E-state index >= 15 is 0 Å². The van der Waals surface area contributed by atoms with Crippen molar-refractivity contribution in [1.29, 1.82) is 0 Å². The van der Waals surface area contributed by atoms with Gasteiger partial charge in [0.25, 0.3) is 5.56 Å². The summed E-state index contributed by atoms with van der Waals surface area (Å²) in [6, 6.07) is 7.64. The zero-order valence-electron chi connectivity index (χ0n) is 9.92. The molecule has 0 aliphatic carbocycles. The Balaban J connectivity index is 2.41. The van der Waals surface area contributed by atoms with E-state index in [-0.39, 0.29) is 5.56 Å². The van der Waals surface area contributed by atoms with Crippen LogP contribution in [0.3, 0.4) is 0 Å². The van der Waals surface area contributed by atoms with Crippen molar-refractivity contribution in [3.05, 3.63) is 47.0 Å². The number of fused-ring (bicyclic) bond motifs is 1. The van der Waals surface area contributed by atoms with Gasteiger partial charge in [0.2, 0.25) is 0 Å². The lowest BCUT2D eigenvalue weighted by Crippen LogP contribution is -2.22. The van der Waals surface area contributed by atoms with E-state index in [9.17, 15) is 4.79 Å². The van der Waals surface area contributed by atoms with Gasteiger partial charge >= 0.3 is 0 Å². The van der Waals surface area contributed by atoms with Crippen LogP contribution in [0.25, 0.3) is 22.3 Å². The number of aryl methyl sites for hydroxylation is 1. The molecule has 0 amide bonds. The Hall–Kier alpha value is -2.43. The van der Waals surface area contributed by atoms with E-state index in [1.54, 1.807) is 17.0 Å². The minimum Gasteiger partial charge on any atom is -0.305 e. The fourth-order valence-corrected chi connectivity index (χ4v) is 2.07. The molecular weight excluding hydrogens is 228 g/mol. The molecule has 0 aliphatic heterocycles. The average molecular weight is 240 g/mol. The van der Waals surface area contributed by atoms with Crippen LogP contribution in [-0.2, 0) is 6.54 Å². The third kappa shape index (κ3) is 1.52. The Kier molecular flexibility index (Phi) is 2.44. The van der Waals surface area contributed by atoms with Crippen LogP contribution in [0.2, 0.25) is 0 Å². The molecule has 0 atom stereocenters. The highest BCUT2D eigenvalue weighted by molar-refractivity contribution is 5.77. The van der Waals surface area contributed by atoms with E-state index in [0.29, 0.717) is 17.8 Å². The largest absolute Gasteiger partial charge is 0.305 e. The lowest BCUT2D eigenvalue weighted by atomic mass is 10.2. The summed E-state index contributed by atoms with van der Waals surface area (Å²) in [7, 11) is 0. The maximum absolute atomic E-state index is 12.4. The summed E-state index contributed by atoms with van der Waals surface area (Å²) >= 11 is 0. The molecule has 3 aromatic rings. The van der Waals surface area contributed by atoms with Gasteiger partial charge in [-0.2, -0.15) is 5.10 Å². The number of hydrogen-bond acceptors (Lipinski definition) is 3. The summed E-state index contributed by atoms with van der Waals surface area (Å²) in [4.78, 5) is 16.8. The number of para-hydroxylation sites is 2. The molecule has 2 aromatic heterocycles. The quantitative estimate of drug-likeness (QED) is 0.743. The number of nitrogens with zero attached hydrogens (tertiary/aromatic N) is 3. The van der Waals surface area contributed by atoms with Gasteiger partial charge < -0.3 is 4.57 Å². The van der Waals surface area contributed by atoms with E-state index in [1.165, 1.54) is 0 Å². The van der Waals surface area contributed by atoms with Crippen molar-refractivity contribution in [2.75, 3.05) is 0 Å². The molecule has 0 bridgehead atoms. The normalized spacial score (nSPS) is 10.9. The number of aromatic nitrogens is 4. The van der Waals surface area contributed by atoms with E-state index in [0.717, 1.165) is 11.0 Å². The molecule has 0 spiro atoms. The number of benzene rings is 1. The SMILES string of the molecule is CCn1c(=O)c(-c2cn[nH]c2)nc2ccccc21. The van der Waals surface area contributed by atoms with E-state index in [4.69, 9.17) is 0 Å². The van der Waals surface area contributed by atoms with Crippen molar-refractivity contribution in [1.82, 2.24) is 19.7 Å². The second-order valence-corrected chi connectivity index (χ2v) is 3.99. The van der Waals surface area contributed by atoms with Crippen molar-refractivity contribution in [2.45, 2.75) is 13.5 Å². The fraction of sp³-hybridized carbons (Fsp3) is 0.154. The number of rotatable bonds is 2. The van der Waals surface area contributed by atoms with Crippen LogP contribution in [0.4, 0.5) is 0 Å². The van der Waals surface area contributed by atoms with Crippen LogP contribution in [-0.4, -0.2) is 19.7 Å². The zero-order valence-corrected chi connectivity index (χ0v) is 9.92. The van der Waals surface area contributed by atoms with Crippen LogP contribution in [0.5, 0.6) is 0 Å². The number of aromatic amines is 1. The maximum Gasteiger partial charge on any atom is 0.277 e. The first-order valence-electron chi connectivity index (χ1n) is 5.80. The highest BCUT2D eigenvalue weighted by atomic mass is 16.1. The number of H-pyrrole nitrogens is 1. The molecule has 0 fully saturated rings. The molecule has 0 saturated carbocycles. The van der Waals surface area contributed by atoms with E-state index < -0.39 is 0 Å². The highest BCUT2D eigenvalue weighted by Crippen LogP contribution is 2.16. The molecular formula is C13H12N4O. The third-order valence-electron chi connectivity index (χ3n) is 2.94. The van der Waals surface area contributed by atoms with Crippen molar-refractivity contribution in [3.63, 3.8) is 0 Å². The van der Waals surface area contributed by atoms with Gasteiger partial charge in [0.1, 0.15) is 5.69 Å². The van der Waals surface area contributed by atoms with Gasteiger partial charge in [-0.05, 0) is 19.1 Å². The third-order valence-corrected chi connectivity index (χ3v) is 2.94. The summed E-state index contributed by atoms with van der Waals surface area (Å²) in [6.07, 6.45) is 3.29. The lowest BCUT2D eigenvalue weighted by Gasteiger charge is -2.09. The Morgan fingerprint density at radius 2 is 2.17 bits per heavy atom. The van der Waals surface area contributed by atoms with Crippen LogP contribution < -0.4 is 5.56 Å². The predicted octanol–water partition coefficient (Wildman–Crippen LogP) is 1.81. The lowest BCUT2D eigenvalue weighted by molar-refractivity contribution is 0.756. The molecule has 0 unspecified atom stereocenters. The second-order valence-electron chi connectivity index (χ2n) is 3.99. The molecule has 5 heteroatoms. The molecule has 18 heavy (non-hydrogen) atoms. The smallest absolute Gasteiger partial charge is 0.277 e. The predicted molar refractivity (Wildman–Crippen MR) is 69.3 cm³/mol. The van der Waals surface area contributed by atoms with Gasteiger partial charge in [-0.3, -0.25) is 9.89 Å². The van der Waals surface area contributed by atoms with Crippen molar-refractivity contribution < 1.29 is 0 Å². The van der Waals surface area contributed by atoms with E-state index in [2.05, 4.69) is 15.2 Å². The van der Waals surface area contributed by atoms with Crippen LogP contribution >= 0.6 is 0 Å². The molecule has 1 aromatic carbocycles. The molecule has 0 saturated heterocycles. The summed E-state index contributed by atoms with van der Waals surface area (Å²) < 4.78 is 1.73. The van der Waals surface area contributed by atoms with Gasteiger partial charge in [-0.25, -0.2) is 4.98 Å². The molecule has 2 heterocycles. The summed E-state index contributed by atoms with van der Waals surface area (Å²) in [5.41, 5.74) is 2.74. The standard InChI is InChI=1S/C13H12N4O/c1-2-17-11-6-4-3-5-10(11)16-12(13(17)18)9-7-14-15-8-9/h3-8H,2H2,1H3,(H,14,15). The van der Waals surface area contributed by atoms with Gasteiger partial charge in [-0.15, -0.1) is 0 Å². The number of nitrogens with one attached hydrogen (secondary N) is 1. The van der Waals surface area contributed by atoms with Crippen molar-refractivity contribution >= 4 is 11.0 Å². The van der Waals surface area contributed by atoms with Crippen molar-refractivity contribution in [2.24, 2.45) is 0 Å². The van der Waals surface area contributed by atoms with Crippen LogP contribution in [0, 0.1) is 0 Å². The average Bonchev–Trinajstić information content (AvgIpc) is 2.92. The van der Waals surface area contributed by atoms with Crippen LogP contribution in [0.1, 0.15) is 6.92 Å². The summed E-state index contributed by atoms with van der Waals surface area (Å²) in [6.45, 7) is 2.57. The molecule has 3 rings (SSSR count). The second kappa shape index (κ2) is 4.10. The number of hydrogen-bond donors (Lipinski definition) is 1. The first kappa shape index (κ1) is 10.7. The molecule has 0 radical (unpaired) electrons. The molecule has 0 aliphatic rings. The molecule has 5 nitrogen and oxygen atoms in total. The van der Waals surface area contributed by atoms with Gasteiger partial charge in [0.05, 0.1) is 17.2 Å². The summed E-state index contributed by atoms with van der Waals surface area (Å²) in [5.74, 6) is 0. The molecule has 1 N–H and O–H groups in total. The minimum atomic E-state index is -0.0856. The Morgan fingerprint density at radius 3 is 2.89 bits per heavy atom. The highest BCUT2D eigenvalue weighted by Gasteiger charge is 2.11. The monoisotopic (exact) mass is 240 g/mol. The zero-order chi connectivity index (χ0) is 12.5. The van der Waals surface area contributed by atoms with Crippen molar-refractivity contribution in [3.8, 4) is 11.3 Å².